The van der Waals surface area contributed by atoms with E-state index in [1.54, 1.807) is 31.2 Å². The van der Waals surface area contributed by atoms with Gasteiger partial charge in [0.1, 0.15) is 5.69 Å². The van der Waals surface area contributed by atoms with Crippen LogP contribution in [0.25, 0.3) is 0 Å². The molecule has 0 fully saturated rings. The lowest BCUT2D eigenvalue weighted by atomic mass is 10.1. The van der Waals surface area contributed by atoms with Gasteiger partial charge in [-0.3, -0.25) is 9.52 Å². The molecule has 0 bridgehead atoms. The lowest BCUT2D eigenvalue weighted by Gasteiger charge is -2.15. The number of para-hydroxylation sites is 1. The summed E-state index contributed by atoms with van der Waals surface area (Å²) in [5.41, 5.74) is 0.730. The summed E-state index contributed by atoms with van der Waals surface area (Å²) >= 11 is 0. The van der Waals surface area contributed by atoms with Crippen molar-refractivity contribution in [3.05, 3.63) is 41.3 Å². The van der Waals surface area contributed by atoms with Gasteiger partial charge in [-0.2, -0.15) is 0 Å². The molecule has 0 saturated heterocycles. The van der Waals surface area contributed by atoms with Crippen molar-refractivity contribution in [1.82, 2.24) is 10.5 Å². The van der Waals surface area contributed by atoms with Gasteiger partial charge >= 0.3 is 0 Å². The van der Waals surface area contributed by atoms with Crippen LogP contribution in [-0.2, 0) is 10.0 Å². The summed E-state index contributed by atoms with van der Waals surface area (Å²) in [7, 11) is -3.91. The Morgan fingerprint density at radius 2 is 1.96 bits per heavy atom. The molecule has 1 aromatic heterocycles. The molecular weight excluding hydrogens is 330 g/mol. The number of anilines is 1. The van der Waals surface area contributed by atoms with Crippen molar-refractivity contribution in [1.29, 1.82) is 0 Å². The molecule has 2 rings (SSSR count). The third kappa shape index (κ3) is 3.76. The van der Waals surface area contributed by atoms with E-state index in [0.29, 0.717) is 0 Å². The van der Waals surface area contributed by atoms with Gasteiger partial charge in [-0.1, -0.05) is 24.2 Å². The Morgan fingerprint density at radius 1 is 1.29 bits per heavy atom. The second-order valence-corrected chi connectivity index (χ2v) is 7.21. The van der Waals surface area contributed by atoms with Crippen LogP contribution in [0.2, 0.25) is 0 Å². The normalized spacial score (nSPS) is 12.7. The van der Waals surface area contributed by atoms with Gasteiger partial charge in [0.15, 0.2) is 10.7 Å². The van der Waals surface area contributed by atoms with E-state index in [9.17, 15) is 13.2 Å². The van der Waals surface area contributed by atoms with E-state index >= 15 is 0 Å². The zero-order valence-corrected chi connectivity index (χ0v) is 14.9. The van der Waals surface area contributed by atoms with E-state index in [1.807, 2.05) is 13.8 Å². The highest BCUT2D eigenvalue weighted by atomic mass is 32.2. The third-order valence-electron chi connectivity index (χ3n) is 3.64. The second kappa shape index (κ2) is 7.04. The minimum absolute atomic E-state index is 0.00951. The standard InChI is InChI=1S/C16H21N3O4S/c1-5-10(2)17-16(20)13-8-6-7-9-14(13)19-24(21,22)15-11(3)18-23-12(15)4/h6-10,19H,5H2,1-4H3,(H,17,20). The Kier molecular flexibility index (Phi) is 5.28. The topological polar surface area (TPSA) is 101 Å². The number of rotatable bonds is 6. The van der Waals surface area contributed by atoms with Gasteiger partial charge in [0, 0.05) is 6.04 Å². The first-order valence-electron chi connectivity index (χ1n) is 7.61. The minimum Gasteiger partial charge on any atom is -0.360 e. The number of hydrogen-bond donors (Lipinski definition) is 2. The molecule has 1 heterocycles. The summed E-state index contributed by atoms with van der Waals surface area (Å²) in [4.78, 5) is 12.4. The molecule has 0 spiro atoms. The van der Waals surface area contributed by atoms with Crippen LogP contribution < -0.4 is 10.0 Å². The van der Waals surface area contributed by atoms with E-state index in [0.717, 1.165) is 6.42 Å². The van der Waals surface area contributed by atoms with Crippen LogP contribution in [-0.4, -0.2) is 25.5 Å². The van der Waals surface area contributed by atoms with Crippen LogP contribution >= 0.6 is 0 Å². The fourth-order valence-electron chi connectivity index (χ4n) is 2.23. The van der Waals surface area contributed by atoms with Gasteiger partial charge in [-0.25, -0.2) is 8.42 Å². The number of hydrogen-bond acceptors (Lipinski definition) is 5. The zero-order chi connectivity index (χ0) is 17.9. The van der Waals surface area contributed by atoms with E-state index in [1.165, 1.54) is 6.92 Å². The van der Waals surface area contributed by atoms with Crippen LogP contribution in [0.5, 0.6) is 0 Å². The lowest BCUT2D eigenvalue weighted by Crippen LogP contribution is -2.32. The first-order chi connectivity index (χ1) is 11.3. The van der Waals surface area contributed by atoms with Crippen LogP contribution in [0, 0.1) is 13.8 Å². The number of nitrogens with zero attached hydrogens (tertiary/aromatic N) is 1. The molecular formula is C16H21N3O4S. The zero-order valence-electron chi connectivity index (χ0n) is 14.1. The number of sulfonamides is 1. The first kappa shape index (κ1) is 18.0. The van der Waals surface area contributed by atoms with E-state index in [2.05, 4.69) is 15.2 Å². The second-order valence-electron chi connectivity index (χ2n) is 5.59. The number of amides is 1. The van der Waals surface area contributed by atoms with E-state index in [-0.39, 0.29) is 39.5 Å². The average molecular weight is 351 g/mol. The Bertz CT molecular complexity index is 823. The Balaban J connectivity index is 2.36. The van der Waals surface area contributed by atoms with E-state index in [4.69, 9.17) is 4.52 Å². The smallest absolute Gasteiger partial charge is 0.267 e. The molecule has 2 N–H and O–H groups in total. The SMILES string of the molecule is CCC(C)NC(=O)c1ccccc1NS(=O)(=O)c1c(C)noc1C. The summed E-state index contributed by atoms with van der Waals surface area (Å²) in [5, 5.41) is 6.48. The predicted octanol–water partition coefficient (Wildman–Crippen LogP) is 2.62. The summed E-state index contributed by atoms with van der Waals surface area (Å²) in [6, 6.07) is 6.44. The van der Waals surface area contributed by atoms with Crippen molar-refractivity contribution >= 4 is 21.6 Å². The van der Waals surface area contributed by atoms with Crippen molar-refractivity contribution < 1.29 is 17.7 Å². The Labute approximate surface area is 141 Å². The Hall–Kier alpha value is -2.35. The van der Waals surface area contributed by atoms with Gasteiger partial charge in [0.2, 0.25) is 0 Å². The van der Waals surface area contributed by atoms with Crippen molar-refractivity contribution in [2.45, 2.75) is 45.1 Å². The van der Waals surface area contributed by atoms with Crippen molar-refractivity contribution in [2.24, 2.45) is 0 Å². The molecule has 1 atom stereocenters. The van der Waals surface area contributed by atoms with Gasteiger partial charge in [-0.15, -0.1) is 0 Å². The van der Waals surface area contributed by atoms with Crippen LogP contribution in [0.4, 0.5) is 5.69 Å². The van der Waals surface area contributed by atoms with Gasteiger partial charge in [0.25, 0.3) is 15.9 Å². The predicted molar refractivity (Wildman–Crippen MR) is 90.4 cm³/mol. The minimum atomic E-state index is -3.91. The molecule has 1 amide bonds. The molecule has 0 saturated carbocycles. The van der Waals surface area contributed by atoms with Crippen molar-refractivity contribution in [2.75, 3.05) is 4.72 Å². The van der Waals surface area contributed by atoms with Crippen LogP contribution in [0.1, 0.15) is 42.1 Å². The highest BCUT2D eigenvalue weighted by Gasteiger charge is 2.26. The average Bonchev–Trinajstić information content (AvgIpc) is 2.86. The molecule has 7 nitrogen and oxygen atoms in total. The fourth-order valence-corrected chi connectivity index (χ4v) is 3.64. The summed E-state index contributed by atoms with van der Waals surface area (Å²) in [6.45, 7) is 6.91. The fraction of sp³-hybridized carbons (Fsp3) is 0.375. The monoisotopic (exact) mass is 351 g/mol. The first-order valence-corrected chi connectivity index (χ1v) is 9.10. The summed E-state index contributed by atoms with van der Waals surface area (Å²) in [5.74, 6) is -0.136. The van der Waals surface area contributed by atoms with Gasteiger partial charge < -0.3 is 9.84 Å². The summed E-state index contributed by atoms with van der Waals surface area (Å²) < 4.78 is 32.6. The molecule has 0 aliphatic heterocycles. The molecule has 1 unspecified atom stereocenters. The van der Waals surface area contributed by atoms with Crippen LogP contribution in [0.15, 0.2) is 33.7 Å². The van der Waals surface area contributed by atoms with Gasteiger partial charge in [-0.05, 0) is 39.3 Å². The maximum atomic E-state index is 12.6. The highest BCUT2D eigenvalue weighted by Crippen LogP contribution is 2.24. The number of benzene rings is 1. The van der Waals surface area contributed by atoms with Crippen molar-refractivity contribution in [3.63, 3.8) is 0 Å². The molecule has 1 aromatic carbocycles. The number of aryl methyl sites for hydroxylation is 2. The molecule has 24 heavy (non-hydrogen) atoms. The lowest BCUT2D eigenvalue weighted by molar-refractivity contribution is 0.0940. The quantitative estimate of drug-likeness (QED) is 0.833. The highest BCUT2D eigenvalue weighted by molar-refractivity contribution is 7.92. The molecule has 0 aliphatic rings. The summed E-state index contributed by atoms with van der Waals surface area (Å²) in [6.07, 6.45) is 0.777. The number of carbonyl (C=O) groups is 1. The molecule has 0 radical (unpaired) electrons. The maximum Gasteiger partial charge on any atom is 0.267 e. The maximum absolute atomic E-state index is 12.6. The number of nitrogens with one attached hydrogen (secondary N) is 2. The number of aromatic nitrogens is 1. The van der Waals surface area contributed by atoms with Crippen molar-refractivity contribution in [3.8, 4) is 0 Å². The molecule has 130 valence electrons. The molecule has 0 aliphatic carbocycles. The van der Waals surface area contributed by atoms with E-state index < -0.39 is 10.0 Å². The van der Waals surface area contributed by atoms with Crippen LogP contribution in [0.3, 0.4) is 0 Å². The number of carbonyl (C=O) groups excluding carboxylic acids is 1. The third-order valence-corrected chi connectivity index (χ3v) is 5.25. The molecule has 2 aromatic rings. The van der Waals surface area contributed by atoms with Gasteiger partial charge in [0.05, 0.1) is 11.3 Å². The largest absolute Gasteiger partial charge is 0.360 e. The Morgan fingerprint density at radius 3 is 2.54 bits per heavy atom. The molecule has 8 heteroatoms.